The quantitative estimate of drug-likeness (QED) is 0.690. The fraction of sp³-hybridized carbons (Fsp3) is 0.278. The molecule has 1 aliphatic heterocycles. The third kappa shape index (κ3) is 3.19. The maximum absolute atomic E-state index is 12.0. The summed E-state index contributed by atoms with van der Waals surface area (Å²) in [6.07, 6.45) is 1.42. The molecule has 4 rings (SSSR count). The highest BCUT2D eigenvalue weighted by Crippen LogP contribution is 2.44. The molecule has 27 heavy (non-hydrogen) atoms. The molecule has 3 amide bonds. The predicted molar refractivity (Wildman–Crippen MR) is 107 cm³/mol. The van der Waals surface area contributed by atoms with Crippen molar-refractivity contribution in [3.05, 3.63) is 45.8 Å². The zero-order chi connectivity index (χ0) is 19.1. The number of amides is 3. The van der Waals surface area contributed by atoms with Crippen molar-refractivity contribution in [3.8, 4) is 0 Å². The number of nitrogens with zero attached hydrogens (tertiary/aromatic N) is 2. The number of hydrazone groups is 1. The maximum atomic E-state index is 12.0. The van der Waals surface area contributed by atoms with Gasteiger partial charge in [-0.2, -0.15) is 5.10 Å². The second-order valence-electron chi connectivity index (χ2n) is 6.69. The SMILES string of the molecule is [B]c1ccccc1CN1CC2C(=N1)CCc1c2sc(NC(N)=O)c1C(N)=O. The van der Waals surface area contributed by atoms with Crippen LogP contribution in [0.25, 0.3) is 0 Å². The normalized spacial score (nSPS) is 17.9. The standard InChI is InChI=1S/C18H18BN5O2S/c19-12-4-2-1-3-9(12)7-24-8-11-13(23-24)6-5-10-14(16(20)25)17(22-18(21)26)27-15(10)11/h1-4,11H,5-8H2,(H2,20,25)(H3,21,22,26). The van der Waals surface area contributed by atoms with Gasteiger partial charge in [0, 0.05) is 17.1 Å². The summed E-state index contributed by atoms with van der Waals surface area (Å²) in [5.41, 5.74) is 14.9. The molecule has 1 aromatic carbocycles. The maximum Gasteiger partial charge on any atom is 0.317 e. The van der Waals surface area contributed by atoms with E-state index in [-0.39, 0.29) is 5.92 Å². The fourth-order valence-electron chi connectivity index (χ4n) is 3.77. The monoisotopic (exact) mass is 379 g/mol. The van der Waals surface area contributed by atoms with E-state index in [4.69, 9.17) is 24.4 Å². The van der Waals surface area contributed by atoms with Gasteiger partial charge in [0.25, 0.3) is 5.91 Å². The van der Waals surface area contributed by atoms with E-state index in [0.29, 0.717) is 30.1 Å². The largest absolute Gasteiger partial charge is 0.365 e. The number of urea groups is 1. The van der Waals surface area contributed by atoms with Gasteiger partial charge in [0.2, 0.25) is 0 Å². The Morgan fingerprint density at radius 3 is 2.78 bits per heavy atom. The lowest BCUT2D eigenvalue weighted by Crippen LogP contribution is -2.24. The summed E-state index contributed by atoms with van der Waals surface area (Å²) in [5, 5.41) is 9.73. The first-order valence-corrected chi connectivity index (χ1v) is 9.43. The molecule has 1 aromatic heterocycles. The molecule has 0 fully saturated rings. The van der Waals surface area contributed by atoms with E-state index < -0.39 is 11.9 Å². The number of carbonyl (C=O) groups excluding carboxylic acids is 2. The summed E-state index contributed by atoms with van der Waals surface area (Å²) in [4.78, 5) is 24.3. The lowest BCUT2D eigenvalue weighted by molar-refractivity contribution is 0.100. The number of nitrogens with one attached hydrogen (secondary N) is 1. The van der Waals surface area contributed by atoms with Crippen molar-refractivity contribution in [2.45, 2.75) is 25.3 Å². The minimum Gasteiger partial charge on any atom is -0.365 e. The molecule has 0 saturated heterocycles. The number of anilines is 1. The molecule has 5 N–H and O–H groups in total. The van der Waals surface area contributed by atoms with Gasteiger partial charge in [0.15, 0.2) is 0 Å². The third-order valence-electron chi connectivity index (χ3n) is 4.94. The van der Waals surface area contributed by atoms with Gasteiger partial charge in [-0.15, -0.1) is 11.3 Å². The molecule has 0 bridgehead atoms. The number of thiophene rings is 1. The van der Waals surface area contributed by atoms with E-state index in [2.05, 4.69) is 5.32 Å². The number of hydrogen-bond donors (Lipinski definition) is 3. The Morgan fingerprint density at radius 1 is 1.30 bits per heavy atom. The van der Waals surface area contributed by atoms with Gasteiger partial charge in [-0.05, 0) is 24.0 Å². The molecule has 2 aliphatic rings. The first kappa shape index (κ1) is 17.6. The van der Waals surface area contributed by atoms with E-state index in [0.717, 1.165) is 33.6 Å². The summed E-state index contributed by atoms with van der Waals surface area (Å²) in [5.74, 6) is -0.464. The highest BCUT2D eigenvalue weighted by Gasteiger charge is 2.37. The molecule has 136 valence electrons. The molecule has 0 saturated carbocycles. The first-order valence-electron chi connectivity index (χ1n) is 8.61. The van der Waals surface area contributed by atoms with Crippen molar-refractivity contribution in [1.29, 1.82) is 0 Å². The van der Waals surface area contributed by atoms with Gasteiger partial charge in [-0.3, -0.25) is 15.1 Å². The molecule has 1 atom stereocenters. The second-order valence-corrected chi connectivity index (χ2v) is 7.74. The number of hydrogen-bond acceptors (Lipinski definition) is 5. The first-order chi connectivity index (χ1) is 12.9. The van der Waals surface area contributed by atoms with Crippen LogP contribution >= 0.6 is 11.3 Å². The van der Waals surface area contributed by atoms with Gasteiger partial charge in [0.05, 0.1) is 18.0 Å². The Balaban J connectivity index is 1.63. The highest BCUT2D eigenvalue weighted by atomic mass is 32.1. The van der Waals surface area contributed by atoms with Crippen molar-refractivity contribution in [1.82, 2.24) is 5.01 Å². The zero-order valence-corrected chi connectivity index (χ0v) is 15.4. The van der Waals surface area contributed by atoms with E-state index in [9.17, 15) is 9.59 Å². The number of primary amides is 2. The Labute approximate surface area is 161 Å². The molecule has 7 nitrogen and oxygen atoms in total. The van der Waals surface area contributed by atoms with Crippen molar-refractivity contribution in [3.63, 3.8) is 0 Å². The van der Waals surface area contributed by atoms with Crippen molar-refractivity contribution in [2.24, 2.45) is 16.6 Å². The molecule has 1 unspecified atom stereocenters. The number of rotatable bonds is 4. The van der Waals surface area contributed by atoms with Crippen LogP contribution in [0.1, 0.15) is 38.7 Å². The minimum absolute atomic E-state index is 0.0882. The topological polar surface area (TPSA) is 114 Å². The van der Waals surface area contributed by atoms with Crippen LogP contribution in [-0.4, -0.2) is 37.0 Å². The summed E-state index contributed by atoms with van der Waals surface area (Å²) >= 11 is 1.36. The number of fused-ring (bicyclic) bond motifs is 3. The molecule has 2 heterocycles. The Kier molecular flexibility index (Phi) is 4.39. The molecule has 2 radical (unpaired) electrons. The molecule has 1 aliphatic carbocycles. The number of benzene rings is 1. The average molecular weight is 379 g/mol. The van der Waals surface area contributed by atoms with Gasteiger partial charge in [-0.25, -0.2) is 4.79 Å². The lowest BCUT2D eigenvalue weighted by atomic mass is 9.86. The zero-order valence-electron chi connectivity index (χ0n) is 14.6. The van der Waals surface area contributed by atoms with Crippen LogP contribution in [0.15, 0.2) is 29.4 Å². The number of carbonyl (C=O) groups is 2. The van der Waals surface area contributed by atoms with Crippen molar-refractivity contribution >= 4 is 47.3 Å². The third-order valence-corrected chi connectivity index (χ3v) is 6.20. The van der Waals surface area contributed by atoms with Crippen LogP contribution in [0.4, 0.5) is 9.80 Å². The summed E-state index contributed by atoms with van der Waals surface area (Å²) in [6.45, 7) is 1.33. The summed E-state index contributed by atoms with van der Waals surface area (Å²) < 4.78 is 0. The van der Waals surface area contributed by atoms with E-state index >= 15 is 0 Å². The fourth-order valence-corrected chi connectivity index (χ4v) is 5.15. The van der Waals surface area contributed by atoms with Crippen LogP contribution in [0, 0.1) is 0 Å². The van der Waals surface area contributed by atoms with Gasteiger partial charge in [0.1, 0.15) is 12.8 Å². The van der Waals surface area contributed by atoms with Gasteiger partial charge >= 0.3 is 6.03 Å². The Hall–Kier alpha value is -2.81. The van der Waals surface area contributed by atoms with E-state index in [1.165, 1.54) is 11.3 Å². The van der Waals surface area contributed by atoms with Crippen LogP contribution in [0.3, 0.4) is 0 Å². The number of nitrogens with two attached hydrogens (primary N) is 2. The van der Waals surface area contributed by atoms with Crippen molar-refractivity contribution in [2.75, 3.05) is 11.9 Å². The average Bonchev–Trinajstić information content (AvgIpc) is 3.16. The lowest BCUT2D eigenvalue weighted by Gasteiger charge is -2.20. The molecular weight excluding hydrogens is 361 g/mol. The smallest absolute Gasteiger partial charge is 0.317 e. The van der Waals surface area contributed by atoms with Crippen LogP contribution in [-0.2, 0) is 13.0 Å². The van der Waals surface area contributed by atoms with Crippen molar-refractivity contribution < 1.29 is 9.59 Å². The summed E-state index contributed by atoms with van der Waals surface area (Å²) in [6, 6.07) is 7.03. The van der Waals surface area contributed by atoms with Gasteiger partial charge < -0.3 is 11.5 Å². The molecular formula is C18H18BN5O2S. The van der Waals surface area contributed by atoms with Crippen LogP contribution in [0.2, 0.25) is 0 Å². The van der Waals surface area contributed by atoms with Crippen LogP contribution < -0.4 is 22.2 Å². The van der Waals surface area contributed by atoms with E-state index in [1.54, 1.807) is 0 Å². The highest BCUT2D eigenvalue weighted by molar-refractivity contribution is 7.17. The molecule has 2 aromatic rings. The van der Waals surface area contributed by atoms with Gasteiger partial charge in [-0.1, -0.05) is 29.7 Å². The summed E-state index contributed by atoms with van der Waals surface area (Å²) in [7, 11) is 6.05. The predicted octanol–water partition coefficient (Wildman–Crippen LogP) is 1.03. The molecule has 0 spiro atoms. The Bertz CT molecular complexity index is 971. The van der Waals surface area contributed by atoms with Crippen LogP contribution in [0.5, 0.6) is 0 Å². The van der Waals surface area contributed by atoms with E-state index in [1.807, 2.05) is 29.3 Å². The second kappa shape index (κ2) is 6.73. The molecule has 9 heteroatoms. The minimum atomic E-state index is -0.711. The Morgan fingerprint density at radius 2 is 2.07 bits per heavy atom.